The summed E-state index contributed by atoms with van der Waals surface area (Å²) in [6.45, 7) is 0. The van der Waals surface area contributed by atoms with Crippen LogP contribution < -0.4 is 0 Å². The molecule has 0 spiro atoms. The molecule has 0 aliphatic rings. The van der Waals surface area contributed by atoms with Crippen molar-refractivity contribution in [2.24, 2.45) is 0 Å². The molecule has 0 atom stereocenters. The van der Waals surface area contributed by atoms with E-state index in [4.69, 9.17) is 4.74 Å². The van der Waals surface area contributed by atoms with Crippen LogP contribution in [0.25, 0.3) is 0 Å². The minimum atomic E-state index is -0.702. The summed E-state index contributed by atoms with van der Waals surface area (Å²) in [5, 5.41) is 0. The topological polar surface area (TPSA) is 56.3 Å². The van der Waals surface area contributed by atoms with E-state index in [-0.39, 0.29) is 5.56 Å². The zero-order chi connectivity index (χ0) is 12.1. The molecule has 1 aromatic carbocycles. The Bertz CT molecular complexity index is 473. The zero-order valence-electron chi connectivity index (χ0n) is 8.87. The highest BCUT2D eigenvalue weighted by Gasteiger charge is 2.14. The molecule has 2 rings (SSSR count). The number of carbonyl (C=O) groups is 2. The van der Waals surface area contributed by atoms with Gasteiger partial charge in [-0.2, -0.15) is 0 Å². The maximum atomic E-state index is 11.6. The van der Waals surface area contributed by atoms with Gasteiger partial charge in [0.2, 0.25) is 0 Å². The zero-order valence-corrected chi connectivity index (χ0v) is 8.87. The Hall–Kier alpha value is -2.49. The predicted octanol–water partition coefficient (Wildman–Crippen LogP) is 2.08. The number of hydrogen-bond acceptors (Lipinski definition) is 4. The highest BCUT2D eigenvalue weighted by molar-refractivity contribution is 6.02. The molecule has 0 saturated heterocycles. The van der Waals surface area contributed by atoms with Crippen molar-refractivity contribution in [1.82, 2.24) is 4.98 Å². The highest BCUT2D eigenvalue weighted by Crippen LogP contribution is 2.05. The summed E-state index contributed by atoms with van der Waals surface area (Å²) in [5.74, 6) is -1.37. The second-order valence-corrected chi connectivity index (χ2v) is 3.28. The monoisotopic (exact) mass is 227 g/mol. The molecule has 1 heterocycles. The lowest BCUT2D eigenvalue weighted by Gasteiger charge is -2.02. The van der Waals surface area contributed by atoms with Gasteiger partial charge in [0, 0.05) is 12.4 Å². The minimum Gasteiger partial charge on any atom is -0.386 e. The van der Waals surface area contributed by atoms with Crippen LogP contribution in [-0.2, 0) is 4.74 Å². The van der Waals surface area contributed by atoms with Crippen LogP contribution in [-0.4, -0.2) is 16.9 Å². The highest BCUT2D eigenvalue weighted by atomic mass is 16.6. The van der Waals surface area contributed by atoms with Crippen molar-refractivity contribution in [3.8, 4) is 0 Å². The third-order valence-electron chi connectivity index (χ3n) is 2.09. The average Bonchev–Trinajstić information content (AvgIpc) is 2.40. The molecule has 17 heavy (non-hydrogen) atoms. The van der Waals surface area contributed by atoms with E-state index in [0.29, 0.717) is 5.56 Å². The van der Waals surface area contributed by atoms with Gasteiger partial charge in [-0.05, 0) is 24.3 Å². The van der Waals surface area contributed by atoms with Crippen LogP contribution in [0.15, 0.2) is 54.9 Å². The van der Waals surface area contributed by atoms with Gasteiger partial charge in [0.05, 0.1) is 11.1 Å². The van der Waals surface area contributed by atoms with Crippen molar-refractivity contribution in [2.45, 2.75) is 0 Å². The molecule has 4 heteroatoms. The fraction of sp³-hybridized carbons (Fsp3) is 0. The predicted molar refractivity (Wildman–Crippen MR) is 60.4 cm³/mol. The molecule has 0 saturated carbocycles. The first-order chi connectivity index (χ1) is 8.27. The van der Waals surface area contributed by atoms with Gasteiger partial charge in [-0.25, -0.2) is 9.59 Å². The molecule has 1 aromatic heterocycles. The van der Waals surface area contributed by atoms with E-state index < -0.39 is 11.9 Å². The van der Waals surface area contributed by atoms with Gasteiger partial charge >= 0.3 is 11.9 Å². The lowest BCUT2D eigenvalue weighted by Crippen LogP contribution is -2.12. The first kappa shape index (κ1) is 11.0. The number of ether oxygens (including phenoxy) is 1. The smallest absolute Gasteiger partial charge is 0.347 e. The van der Waals surface area contributed by atoms with Gasteiger partial charge in [-0.15, -0.1) is 0 Å². The van der Waals surface area contributed by atoms with Crippen LogP contribution in [0.2, 0.25) is 0 Å². The quantitative estimate of drug-likeness (QED) is 0.582. The molecular weight excluding hydrogens is 218 g/mol. The van der Waals surface area contributed by atoms with Gasteiger partial charge in [0.15, 0.2) is 0 Å². The molecule has 0 fully saturated rings. The molecule has 4 nitrogen and oxygen atoms in total. The molecule has 0 bridgehead atoms. The molecule has 2 aromatic rings. The van der Waals surface area contributed by atoms with Crippen LogP contribution >= 0.6 is 0 Å². The van der Waals surface area contributed by atoms with E-state index in [0.717, 1.165) is 0 Å². The number of carbonyl (C=O) groups excluding carboxylic acids is 2. The normalized spacial score (nSPS) is 9.65. The van der Waals surface area contributed by atoms with Gasteiger partial charge in [-0.3, -0.25) is 4.98 Å². The molecule has 84 valence electrons. The number of esters is 2. The summed E-state index contributed by atoms with van der Waals surface area (Å²) < 4.78 is 4.70. The van der Waals surface area contributed by atoms with E-state index in [2.05, 4.69) is 4.98 Å². The minimum absolute atomic E-state index is 0.247. The fourth-order valence-corrected chi connectivity index (χ4v) is 1.26. The molecule has 0 amide bonds. The van der Waals surface area contributed by atoms with Crippen LogP contribution in [0, 0.1) is 0 Å². The van der Waals surface area contributed by atoms with Crippen LogP contribution in [0.5, 0.6) is 0 Å². The molecule has 0 aliphatic heterocycles. The molecular formula is C13H9NO3. The number of aromatic nitrogens is 1. The average molecular weight is 227 g/mol. The number of nitrogens with zero attached hydrogens (tertiary/aromatic N) is 1. The molecule has 0 aliphatic carbocycles. The van der Waals surface area contributed by atoms with E-state index in [1.807, 2.05) is 0 Å². The third-order valence-corrected chi connectivity index (χ3v) is 2.09. The Labute approximate surface area is 97.9 Å². The fourth-order valence-electron chi connectivity index (χ4n) is 1.26. The maximum Gasteiger partial charge on any atom is 0.347 e. The first-order valence-corrected chi connectivity index (χ1v) is 4.99. The van der Waals surface area contributed by atoms with E-state index in [1.54, 1.807) is 36.4 Å². The van der Waals surface area contributed by atoms with Crippen molar-refractivity contribution >= 4 is 11.9 Å². The van der Waals surface area contributed by atoms with Gasteiger partial charge in [0.1, 0.15) is 0 Å². The van der Waals surface area contributed by atoms with E-state index >= 15 is 0 Å². The Morgan fingerprint density at radius 2 is 1.53 bits per heavy atom. The Morgan fingerprint density at radius 1 is 0.882 bits per heavy atom. The first-order valence-electron chi connectivity index (χ1n) is 4.99. The summed E-state index contributed by atoms with van der Waals surface area (Å²) in [7, 11) is 0. The van der Waals surface area contributed by atoms with Gasteiger partial charge in [0.25, 0.3) is 0 Å². The summed E-state index contributed by atoms with van der Waals surface area (Å²) in [6.07, 6.45) is 2.89. The Morgan fingerprint density at radius 3 is 2.18 bits per heavy atom. The number of benzene rings is 1. The lowest BCUT2D eigenvalue weighted by molar-refractivity contribution is 0.0397. The number of hydrogen-bond donors (Lipinski definition) is 0. The van der Waals surface area contributed by atoms with E-state index in [1.165, 1.54) is 18.5 Å². The lowest BCUT2D eigenvalue weighted by atomic mass is 10.2. The standard InChI is InChI=1S/C13H9NO3/c15-12(10-5-2-1-3-6-10)17-13(16)11-7-4-8-14-9-11/h1-9H. The summed E-state index contributed by atoms with van der Waals surface area (Å²) in [4.78, 5) is 26.9. The van der Waals surface area contributed by atoms with E-state index in [9.17, 15) is 9.59 Å². The van der Waals surface area contributed by atoms with Crippen LogP contribution in [0.4, 0.5) is 0 Å². The van der Waals surface area contributed by atoms with Crippen molar-refractivity contribution in [3.63, 3.8) is 0 Å². The van der Waals surface area contributed by atoms with Crippen molar-refractivity contribution in [2.75, 3.05) is 0 Å². The molecule has 0 unspecified atom stereocenters. The summed E-state index contributed by atoms with van der Waals surface area (Å²) >= 11 is 0. The Balaban J connectivity index is 2.08. The molecule has 0 N–H and O–H groups in total. The summed E-state index contributed by atoms with van der Waals surface area (Å²) in [5.41, 5.74) is 0.585. The van der Waals surface area contributed by atoms with Gasteiger partial charge in [-0.1, -0.05) is 18.2 Å². The maximum absolute atomic E-state index is 11.6. The largest absolute Gasteiger partial charge is 0.386 e. The van der Waals surface area contributed by atoms with Crippen molar-refractivity contribution < 1.29 is 14.3 Å². The second kappa shape index (κ2) is 5.03. The number of pyridine rings is 1. The van der Waals surface area contributed by atoms with Crippen LogP contribution in [0.3, 0.4) is 0 Å². The third kappa shape index (κ3) is 2.75. The van der Waals surface area contributed by atoms with Crippen molar-refractivity contribution in [1.29, 1.82) is 0 Å². The van der Waals surface area contributed by atoms with Crippen LogP contribution in [0.1, 0.15) is 20.7 Å². The SMILES string of the molecule is O=C(OC(=O)c1cccnc1)c1ccccc1. The van der Waals surface area contributed by atoms with Gasteiger partial charge < -0.3 is 4.74 Å². The number of rotatable bonds is 2. The summed E-state index contributed by atoms with van der Waals surface area (Å²) in [6, 6.07) is 11.5. The Kier molecular flexibility index (Phi) is 3.25. The molecule has 0 radical (unpaired) electrons. The second-order valence-electron chi connectivity index (χ2n) is 3.28. The van der Waals surface area contributed by atoms with Crippen molar-refractivity contribution in [3.05, 3.63) is 66.0 Å².